The van der Waals surface area contributed by atoms with Crippen LogP contribution in [-0.2, 0) is 10.0 Å². The first kappa shape index (κ1) is 17.3. The van der Waals surface area contributed by atoms with Gasteiger partial charge in [0.25, 0.3) is 5.69 Å². The monoisotopic (exact) mass is 391 g/mol. The van der Waals surface area contributed by atoms with Gasteiger partial charge in [0.15, 0.2) is 0 Å². The van der Waals surface area contributed by atoms with Crippen LogP contribution in [0.4, 0.5) is 5.69 Å². The number of benzene rings is 1. The predicted octanol–water partition coefficient (Wildman–Crippen LogP) is 2.21. The Hall–Kier alpha value is -1.03. The summed E-state index contributed by atoms with van der Waals surface area (Å²) in [6.45, 7) is 1.56. The van der Waals surface area contributed by atoms with Crippen LogP contribution in [0.2, 0.25) is 0 Å². The van der Waals surface area contributed by atoms with Gasteiger partial charge in [-0.15, -0.1) is 0 Å². The Morgan fingerprint density at radius 2 is 1.91 bits per heavy atom. The first-order valence-corrected chi connectivity index (χ1v) is 9.21. The van der Waals surface area contributed by atoms with Crippen molar-refractivity contribution >= 4 is 31.6 Å². The van der Waals surface area contributed by atoms with E-state index in [0.717, 1.165) is 18.9 Å². The molecule has 0 aromatic heterocycles. The molecule has 0 aliphatic heterocycles. The van der Waals surface area contributed by atoms with Crippen molar-refractivity contribution in [2.75, 3.05) is 0 Å². The minimum Gasteiger partial charge on any atom is -0.328 e. The van der Waals surface area contributed by atoms with Gasteiger partial charge >= 0.3 is 0 Å². The second kappa shape index (κ2) is 6.61. The highest BCUT2D eigenvalue weighted by molar-refractivity contribution is 9.10. The summed E-state index contributed by atoms with van der Waals surface area (Å²) < 4.78 is 27.9. The van der Waals surface area contributed by atoms with Crippen LogP contribution in [0.25, 0.3) is 0 Å². The van der Waals surface area contributed by atoms with Crippen LogP contribution in [0.3, 0.4) is 0 Å². The minimum atomic E-state index is -3.80. The Morgan fingerprint density at radius 1 is 1.32 bits per heavy atom. The molecule has 1 aromatic carbocycles. The summed E-state index contributed by atoms with van der Waals surface area (Å²) in [7, 11) is -3.80. The molecule has 0 amide bonds. The van der Waals surface area contributed by atoms with E-state index in [9.17, 15) is 18.5 Å². The number of rotatable bonds is 4. The number of nitrogens with one attached hydrogen (secondary N) is 1. The zero-order valence-electron chi connectivity index (χ0n) is 12.1. The fraction of sp³-hybridized carbons (Fsp3) is 0.538. The van der Waals surface area contributed by atoms with Gasteiger partial charge in [0.05, 0.1) is 9.82 Å². The van der Waals surface area contributed by atoms with Gasteiger partial charge in [0, 0.05) is 28.2 Å². The normalized spacial score (nSPS) is 22.5. The Kier molecular flexibility index (Phi) is 5.21. The molecule has 0 spiro atoms. The molecule has 9 heteroatoms. The maximum Gasteiger partial charge on any atom is 0.274 e. The molecule has 0 unspecified atom stereocenters. The summed E-state index contributed by atoms with van der Waals surface area (Å²) >= 11 is 3.18. The summed E-state index contributed by atoms with van der Waals surface area (Å²) in [5.41, 5.74) is 5.98. The van der Waals surface area contributed by atoms with Gasteiger partial charge in [-0.3, -0.25) is 10.1 Å². The van der Waals surface area contributed by atoms with E-state index in [1.165, 1.54) is 6.07 Å². The molecule has 2 rings (SSSR count). The van der Waals surface area contributed by atoms with Gasteiger partial charge in [-0.05, 0) is 38.7 Å². The molecule has 0 bridgehead atoms. The molecule has 1 aromatic rings. The van der Waals surface area contributed by atoms with Crippen LogP contribution in [0, 0.1) is 17.0 Å². The van der Waals surface area contributed by atoms with Gasteiger partial charge in [-0.2, -0.15) is 0 Å². The average Bonchev–Trinajstić information content (AvgIpc) is 2.43. The van der Waals surface area contributed by atoms with Crippen LogP contribution in [-0.4, -0.2) is 25.4 Å². The Labute approximate surface area is 137 Å². The van der Waals surface area contributed by atoms with Crippen molar-refractivity contribution in [3.8, 4) is 0 Å². The Morgan fingerprint density at radius 3 is 2.45 bits per heavy atom. The highest BCUT2D eigenvalue weighted by Crippen LogP contribution is 2.30. The molecular formula is C13H18BrN3O4S. The topological polar surface area (TPSA) is 115 Å². The molecule has 0 saturated heterocycles. The second-order valence-electron chi connectivity index (χ2n) is 5.54. The van der Waals surface area contributed by atoms with Gasteiger partial charge in [0.1, 0.15) is 0 Å². The zero-order chi connectivity index (χ0) is 16.5. The maximum atomic E-state index is 12.4. The smallest absolute Gasteiger partial charge is 0.274 e. The van der Waals surface area contributed by atoms with Crippen LogP contribution in [0.15, 0.2) is 21.5 Å². The molecule has 7 nitrogen and oxygen atoms in total. The first-order chi connectivity index (χ1) is 10.2. The number of nitrogens with zero attached hydrogens (tertiary/aromatic N) is 1. The molecule has 1 fully saturated rings. The summed E-state index contributed by atoms with van der Waals surface area (Å²) in [5.74, 6) is 0. The molecule has 3 N–H and O–H groups in total. The lowest BCUT2D eigenvalue weighted by Gasteiger charge is -2.26. The van der Waals surface area contributed by atoms with E-state index >= 15 is 0 Å². The van der Waals surface area contributed by atoms with Crippen molar-refractivity contribution in [3.63, 3.8) is 0 Å². The third-order valence-electron chi connectivity index (χ3n) is 3.89. The minimum absolute atomic E-state index is 0.105. The van der Waals surface area contributed by atoms with Crippen molar-refractivity contribution in [3.05, 3.63) is 32.3 Å². The fourth-order valence-corrected chi connectivity index (χ4v) is 4.46. The zero-order valence-corrected chi connectivity index (χ0v) is 14.5. The molecule has 1 saturated carbocycles. The van der Waals surface area contributed by atoms with Crippen LogP contribution in [0.5, 0.6) is 0 Å². The highest BCUT2D eigenvalue weighted by Gasteiger charge is 2.27. The van der Waals surface area contributed by atoms with Crippen molar-refractivity contribution < 1.29 is 13.3 Å². The lowest BCUT2D eigenvalue weighted by atomic mass is 9.93. The average molecular weight is 392 g/mol. The highest BCUT2D eigenvalue weighted by atomic mass is 79.9. The maximum absolute atomic E-state index is 12.4. The summed E-state index contributed by atoms with van der Waals surface area (Å²) in [5, 5.41) is 11.0. The lowest BCUT2D eigenvalue weighted by Crippen LogP contribution is -2.40. The van der Waals surface area contributed by atoms with Crippen LogP contribution < -0.4 is 10.5 Å². The standard InChI is InChI=1S/C13H18BrN3O4S/c1-8-12(14)6-11(7-13(8)17(18)19)22(20,21)16-10-4-2-9(15)3-5-10/h6-7,9-10,16H,2-5,15H2,1H3. The molecule has 1 aliphatic carbocycles. The lowest BCUT2D eigenvalue weighted by molar-refractivity contribution is -0.385. The Balaban J connectivity index is 2.28. The third kappa shape index (κ3) is 3.83. The predicted molar refractivity (Wildman–Crippen MR) is 86.1 cm³/mol. The quantitative estimate of drug-likeness (QED) is 0.602. The van der Waals surface area contributed by atoms with E-state index in [1.807, 2.05) is 0 Å². The largest absolute Gasteiger partial charge is 0.328 e. The van der Waals surface area contributed by atoms with Gasteiger partial charge in [-0.25, -0.2) is 13.1 Å². The number of nitro benzene ring substituents is 1. The first-order valence-electron chi connectivity index (χ1n) is 6.93. The fourth-order valence-electron chi connectivity index (χ4n) is 2.51. The van der Waals surface area contributed by atoms with Crippen molar-refractivity contribution in [1.82, 2.24) is 4.72 Å². The number of hydrogen-bond donors (Lipinski definition) is 2. The van der Waals surface area contributed by atoms with Gasteiger partial charge in [-0.1, -0.05) is 15.9 Å². The number of nitro groups is 1. The number of nitrogens with two attached hydrogens (primary N) is 1. The summed E-state index contributed by atoms with van der Waals surface area (Å²) in [4.78, 5) is 10.3. The molecule has 22 heavy (non-hydrogen) atoms. The van der Waals surface area contributed by atoms with Gasteiger partial charge < -0.3 is 5.73 Å². The molecule has 0 heterocycles. The summed E-state index contributed by atoms with van der Waals surface area (Å²) in [6, 6.07) is 2.43. The summed E-state index contributed by atoms with van der Waals surface area (Å²) in [6.07, 6.45) is 2.89. The molecule has 1 aliphatic rings. The van der Waals surface area contributed by atoms with Crippen LogP contribution in [0.1, 0.15) is 31.2 Å². The van der Waals surface area contributed by atoms with Crippen LogP contribution >= 0.6 is 15.9 Å². The number of sulfonamides is 1. The van der Waals surface area contributed by atoms with E-state index < -0.39 is 14.9 Å². The van der Waals surface area contributed by atoms with E-state index in [2.05, 4.69) is 20.7 Å². The van der Waals surface area contributed by atoms with Crippen molar-refractivity contribution in [1.29, 1.82) is 0 Å². The molecular weight excluding hydrogens is 374 g/mol. The van der Waals surface area contributed by atoms with E-state index in [1.54, 1.807) is 6.92 Å². The SMILES string of the molecule is Cc1c(Br)cc(S(=O)(=O)NC2CCC(N)CC2)cc1[N+](=O)[O-]. The third-order valence-corrected chi connectivity index (χ3v) is 6.21. The van der Waals surface area contributed by atoms with Gasteiger partial charge in [0.2, 0.25) is 10.0 Å². The number of halogens is 1. The van der Waals surface area contributed by atoms with Crippen molar-refractivity contribution in [2.24, 2.45) is 5.73 Å². The molecule has 122 valence electrons. The second-order valence-corrected chi connectivity index (χ2v) is 8.11. The number of hydrogen-bond acceptors (Lipinski definition) is 5. The molecule has 0 radical (unpaired) electrons. The van der Waals surface area contributed by atoms with E-state index in [4.69, 9.17) is 5.73 Å². The Bertz CT molecular complexity index is 685. The van der Waals surface area contributed by atoms with E-state index in [-0.39, 0.29) is 22.7 Å². The van der Waals surface area contributed by atoms with E-state index in [0.29, 0.717) is 22.9 Å². The van der Waals surface area contributed by atoms with Crippen molar-refractivity contribution in [2.45, 2.75) is 49.6 Å². The molecule has 0 atom stereocenters.